The van der Waals surface area contributed by atoms with Crippen molar-refractivity contribution < 1.29 is 12.8 Å². The maximum atomic E-state index is 13.0. The molecule has 2 aromatic carbocycles. The third kappa shape index (κ3) is 4.79. The number of aromatic nitrogens is 2. The third-order valence-electron chi connectivity index (χ3n) is 3.73. The molecule has 1 aromatic heterocycles. The normalized spacial score (nSPS) is 11.5. The summed E-state index contributed by atoms with van der Waals surface area (Å²) in [4.78, 5) is 12.0. The molecule has 27 heavy (non-hydrogen) atoms. The highest BCUT2D eigenvalue weighted by molar-refractivity contribution is 7.89. The second-order valence-electron chi connectivity index (χ2n) is 5.64. The van der Waals surface area contributed by atoms with Gasteiger partial charge in [-0.3, -0.25) is 4.79 Å². The summed E-state index contributed by atoms with van der Waals surface area (Å²) in [6.45, 7) is 0.00227. The van der Waals surface area contributed by atoms with Gasteiger partial charge < -0.3 is 0 Å². The Bertz CT molecular complexity index is 1120. The molecule has 0 bridgehead atoms. The Morgan fingerprint density at radius 1 is 1.07 bits per heavy atom. The Kier molecular flexibility index (Phi) is 5.69. The maximum Gasteiger partial charge on any atom is 0.266 e. The molecule has 0 aliphatic rings. The molecule has 0 aliphatic carbocycles. The average Bonchev–Trinajstić information content (AvgIpc) is 2.64. The molecule has 3 rings (SSSR count). The Balaban J connectivity index is 1.73. The lowest BCUT2D eigenvalue weighted by molar-refractivity contribution is 0.548. The molecule has 0 amide bonds. The van der Waals surface area contributed by atoms with Gasteiger partial charge in [-0.1, -0.05) is 17.7 Å². The first kappa shape index (κ1) is 19.2. The van der Waals surface area contributed by atoms with Crippen molar-refractivity contribution in [1.82, 2.24) is 14.5 Å². The number of sulfonamides is 1. The van der Waals surface area contributed by atoms with E-state index in [0.29, 0.717) is 16.3 Å². The molecule has 3 aromatic rings. The van der Waals surface area contributed by atoms with Crippen molar-refractivity contribution in [2.24, 2.45) is 0 Å². The summed E-state index contributed by atoms with van der Waals surface area (Å²) in [6, 6.07) is 14.4. The van der Waals surface area contributed by atoms with Crippen LogP contribution in [0.5, 0.6) is 0 Å². The van der Waals surface area contributed by atoms with Crippen LogP contribution >= 0.6 is 11.6 Å². The summed E-state index contributed by atoms with van der Waals surface area (Å²) in [5.74, 6) is -0.373. The van der Waals surface area contributed by atoms with Crippen LogP contribution in [-0.2, 0) is 16.6 Å². The highest BCUT2D eigenvalue weighted by Gasteiger charge is 2.14. The molecule has 0 aliphatic heterocycles. The number of nitrogens with one attached hydrogen (secondary N) is 1. The number of hydrogen-bond acceptors (Lipinski definition) is 4. The molecule has 0 saturated heterocycles. The zero-order valence-corrected chi connectivity index (χ0v) is 15.5. The Labute approximate surface area is 160 Å². The van der Waals surface area contributed by atoms with Crippen molar-refractivity contribution >= 4 is 21.6 Å². The lowest BCUT2D eigenvalue weighted by Gasteiger charge is -2.09. The van der Waals surface area contributed by atoms with Crippen LogP contribution in [0, 0.1) is 5.82 Å². The summed E-state index contributed by atoms with van der Waals surface area (Å²) < 4.78 is 41.1. The van der Waals surface area contributed by atoms with Gasteiger partial charge in [0.25, 0.3) is 5.56 Å². The maximum absolute atomic E-state index is 13.0. The number of halogens is 2. The standard InChI is InChI=1S/C18H15ClFN3O3S/c19-14-2-1-3-16(12-14)27(25,26)21-10-11-23-18(24)9-8-17(22-23)13-4-6-15(20)7-5-13/h1-9,12,21H,10-11H2. The van der Waals surface area contributed by atoms with Crippen LogP contribution in [0.3, 0.4) is 0 Å². The van der Waals surface area contributed by atoms with Gasteiger partial charge in [0.05, 0.1) is 17.1 Å². The van der Waals surface area contributed by atoms with E-state index in [1.165, 1.54) is 42.5 Å². The summed E-state index contributed by atoms with van der Waals surface area (Å²) in [6.07, 6.45) is 0. The smallest absolute Gasteiger partial charge is 0.266 e. The van der Waals surface area contributed by atoms with Crippen molar-refractivity contribution in [2.45, 2.75) is 11.4 Å². The third-order valence-corrected chi connectivity index (χ3v) is 5.42. The van der Waals surface area contributed by atoms with Crippen molar-refractivity contribution in [3.05, 3.63) is 81.9 Å². The lowest BCUT2D eigenvalue weighted by atomic mass is 10.1. The van der Waals surface area contributed by atoms with E-state index < -0.39 is 10.0 Å². The minimum atomic E-state index is -3.75. The Hall–Kier alpha value is -2.55. The largest absolute Gasteiger partial charge is 0.268 e. The van der Waals surface area contributed by atoms with Crippen molar-refractivity contribution in [3.8, 4) is 11.3 Å². The molecular formula is C18H15ClFN3O3S. The van der Waals surface area contributed by atoms with Crippen LogP contribution in [0.4, 0.5) is 4.39 Å². The van der Waals surface area contributed by atoms with Gasteiger partial charge in [-0.15, -0.1) is 0 Å². The van der Waals surface area contributed by atoms with Crippen LogP contribution in [-0.4, -0.2) is 24.7 Å². The fourth-order valence-corrected chi connectivity index (χ4v) is 3.71. The predicted molar refractivity (Wildman–Crippen MR) is 101 cm³/mol. The quantitative estimate of drug-likeness (QED) is 0.681. The van der Waals surface area contributed by atoms with Gasteiger partial charge in [0, 0.05) is 23.2 Å². The molecule has 9 heteroatoms. The zero-order chi connectivity index (χ0) is 19.4. The van der Waals surface area contributed by atoms with Gasteiger partial charge in [0.1, 0.15) is 5.82 Å². The molecule has 0 radical (unpaired) electrons. The summed E-state index contributed by atoms with van der Waals surface area (Å²) in [5, 5.41) is 4.51. The Morgan fingerprint density at radius 3 is 2.52 bits per heavy atom. The summed E-state index contributed by atoms with van der Waals surface area (Å²) >= 11 is 5.82. The summed E-state index contributed by atoms with van der Waals surface area (Å²) in [5.41, 5.74) is 0.750. The molecule has 0 atom stereocenters. The molecule has 0 saturated carbocycles. The highest BCUT2D eigenvalue weighted by atomic mass is 35.5. The molecule has 6 nitrogen and oxygen atoms in total. The first-order valence-electron chi connectivity index (χ1n) is 7.94. The van der Waals surface area contributed by atoms with Crippen LogP contribution < -0.4 is 10.3 Å². The van der Waals surface area contributed by atoms with E-state index >= 15 is 0 Å². The topological polar surface area (TPSA) is 81.1 Å². The molecule has 0 unspecified atom stereocenters. The molecule has 0 spiro atoms. The summed E-state index contributed by atoms with van der Waals surface area (Å²) in [7, 11) is -3.75. The molecule has 140 valence electrons. The second-order valence-corrected chi connectivity index (χ2v) is 7.85. The number of rotatable bonds is 6. The molecule has 1 N–H and O–H groups in total. The minimum absolute atomic E-state index is 0.0331. The second kappa shape index (κ2) is 7.99. The van der Waals surface area contributed by atoms with Gasteiger partial charge in [0.2, 0.25) is 10.0 Å². The van der Waals surface area contributed by atoms with E-state index in [2.05, 4.69) is 9.82 Å². The SMILES string of the molecule is O=c1ccc(-c2ccc(F)cc2)nn1CCNS(=O)(=O)c1cccc(Cl)c1. The van der Waals surface area contributed by atoms with E-state index in [1.807, 2.05) is 0 Å². The fourth-order valence-electron chi connectivity index (χ4n) is 2.39. The van der Waals surface area contributed by atoms with E-state index in [-0.39, 0.29) is 29.4 Å². The van der Waals surface area contributed by atoms with Gasteiger partial charge in [0.15, 0.2) is 0 Å². The highest BCUT2D eigenvalue weighted by Crippen LogP contribution is 2.16. The number of nitrogens with zero attached hydrogens (tertiary/aromatic N) is 2. The number of benzene rings is 2. The van der Waals surface area contributed by atoms with Crippen molar-refractivity contribution in [1.29, 1.82) is 0 Å². The first-order valence-corrected chi connectivity index (χ1v) is 9.81. The lowest BCUT2D eigenvalue weighted by Crippen LogP contribution is -2.32. The van der Waals surface area contributed by atoms with Crippen molar-refractivity contribution in [3.63, 3.8) is 0 Å². The van der Waals surface area contributed by atoms with Crippen LogP contribution in [0.1, 0.15) is 0 Å². The van der Waals surface area contributed by atoms with E-state index in [1.54, 1.807) is 18.2 Å². The van der Waals surface area contributed by atoms with Crippen LogP contribution in [0.15, 0.2) is 70.4 Å². The van der Waals surface area contributed by atoms with Gasteiger partial charge >= 0.3 is 0 Å². The van der Waals surface area contributed by atoms with Gasteiger partial charge in [-0.2, -0.15) is 5.10 Å². The first-order chi connectivity index (χ1) is 12.8. The minimum Gasteiger partial charge on any atom is -0.268 e. The molecule has 0 fully saturated rings. The average molecular weight is 408 g/mol. The van der Waals surface area contributed by atoms with E-state index in [4.69, 9.17) is 11.6 Å². The van der Waals surface area contributed by atoms with Crippen molar-refractivity contribution in [2.75, 3.05) is 6.54 Å². The number of hydrogen-bond donors (Lipinski definition) is 1. The van der Waals surface area contributed by atoms with Gasteiger partial charge in [-0.25, -0.2) is 22.2 Å². The monoisotopic (exact) mass is 407 g/mol. The molecular weight excluding hydrogens is 393 g/mol. The zero-order valence-electron chi connectivity index (χ0n) is 14.0. The molecule has 1 heterocycles. The fraction of sp³-hybridized carbons (Fsp3) is 0.111. The Morgan fingerprint density at radius 2 is 1.81 bits per heavy atom. The van der Waals surface area contributed by atoms with E-state index in [0.717, 1.165) is 4.68 Å². The van der Waals surface area contributed by atoms with Crippen LogP contribution in [0.25, 0.3) is 11.3 Å². The predicted octanol–water partition coefficient (Wildman–Crippen LogP) is 2.68. The van der Waals surface area contributed by atoms with Crippen LogP contribution in [0.2, 0.25) is 5.02 Å². The van der Waals surface area contributed by atoms with Gasteiger partial charge in [-0.05, 0) is 48.5 Å². The van der Waals surface area contributed by atoms with E-state index in [9.17, 15) is 17.6 Å².